The summed E-state index contributed by atoms with van der Waals surface area (Å²) in [5.41, 5.74) is 1.71. The third-order valence-electron chi connectivity index (χ3n) is 5.94. The van der Waals surface area contributed by atoms with E-state index in [1.165, 1.54) is 23.5 Å². The highest BCUT2D eigenvalue weighted by molar-refractivity contribution is 7.89. The highest BCUT2D eigenvalue weighted by Gasteiger charge is 2.31. The maximum atomic E-state index is 13.5. The molecule has 9 heteroatoms. The van der Waals surface area contributed by atoms with Gasteiger partial charge in [-0.05, 0) is 47.7 Å². The number of alkyl carbamates (subject to hydrolysis) is 1. The van der Waals surface area contributed by atoms with Crippen molar-refractivity contribution in [2.24, 2.45) is 5.92 Å². The molecule has 0 bridgehead atoms. The number of ether oxygens (including phenoxy) is 2. The number of benzene rings is 3. The largest absolute Gasteiger partial charge is 0.497 e. The zero-order valence-electron chi connectivity index (χ0n) is 22.0. The van der Waals surface area contributed by atoms with Crippen molar-refractivity contribution in [2.45, 2.75) is 43.9 Å². The predicted octanol–water partition coefficient (Wildman–Crippen LogP) is 4.24. The number of hydrogen-bond donors (Lipinski definition) is 2. The maximum absolute atomic E-state index is 13.5. The second-order valence-corrected chi connectivity index (χ2v) is 11.4. The van der Waals surface area contributed by atoms with E-state index in [2.05, 4.69) is 5.32 Å². The molecule has 0 fully saturated rings. The second kappa shape index (κ2) is 13.9. The quantitative estimate of drug-likeness (QED) is 0.336. The summed E-state index contributed by atoms with van der Waals surface area (Å²) in [5, 5.41) is 14.0. The lowest BCUT2D eigenvalue weighted by Crippen LogP contribution is -2.51. The summed E-state index contributed by atoms with van der Waals surface area (Å²) in [6.07, 6.45) is -1.60. The van der Waals surface area contributed by atoms with E-state index in [0.29, 0.717) is 12.2 Å². The van der Waals surface area contributed by atoms with Gasteiger partial charge < -0.3 is 19.9 Å². The van der Waals surface area contributed by atoms with Gasteiger partial charge in [0.25, 0.3) is 0 Å². The Kier molecular flexibility index (Phi) is 10.7. The molecule has 38 heavy (non-hydrogen) atoms. The fourth-order valence-electron chi connectivity index (χ4n) is 3.98. The molecule has 0 aliphatic heterocycles. The van der Waals surface area contributed by atoms with Crippen LogP contribution in [0.1, 0.15) is 25.0 Å². The van der Waals surface area contributed by atoms with Crippen molar-refractivity contribution in [3.05, 3.63) is 96.1 Å². The number of sulfonamides is 1. The number of methoxy groups -OCH3 is 1. The monoisotopic (exact) mass is 540 g/mol. The molecule has 3 aromatic rings. The minimum absolute atomic E-state index is 0.00611. The number of amides is 1. The average Bonchev–Trinajstić information content (AvgIpc) is 2.92. The molecule has 8 nitrogen and oxygen atoms in total. The first-order chi connectivity index (χ1) is 18.2. The molecular formula is C29H36N2O6S. The standard InChI is InChI=1S/C29H36N2O6S/c1-22(2)19-31(38(34,35)26-16-14-25(36-3)15-17-26)20-28(32)27(18-23-10-6-4-7-11-23)30-29(33)37-21-24-12-8-5-9-13-24/h4-17,22,27-28,32H,18-21H2,1-3H3,(H,30,33)/t27-,28?/m0/s1. The normalized spacial score (nSPS) is 13.2. The molecule has 0 aromatic heterocycles. The van der Waals surface area contributed by atoms with Crippen molar-refractivity contribution in [1.29, 1.82) is 0 Å². The Balaban J connectivity index is 1.79. The lowest BCUT2D eigenvalue weighted by atomic mass is 10.0. The van der Waals surface area contributed by atoms with Gasteiger partial charge in [-0.15, -0.1) is 0 Å². The highest BCUT2D eigenvalue weighted by Crippen LogP contribution is 2.22. The van der Waals surface area contributed by atoms with Gasteiger partial charge in [0.15, 0.2) is 0 Å². The average molecular weight is 541 g/mol. The molecule has 2 N–H and O–H groups in total. The predicted molar refractivity (Wildman–Crippen MR) is 146 cm³/mol. The van der Waals surface area contributed by atoms with E-state index in [4.69, 9.17) is 9.47 Å². The van der Waals surface area contributed by atoms with E-state index < -0.39 is 28.3 Å². The Morgan fingerprint density at radius 3 is 2.03 bits per heavy atom. The first-order valence-electron chi connectivity index (χ1n) is 12.5. The number of rotatable bonds is 13. The minimum Gasteiger partial charge on any atom is -0.497 e. The van der Waals surface area contributed by atoms with Gasteiger partial charge in [0.1, 0.15) is 12.4 Å². The SMILES string of the molecule is COc1ccc(S(=O)(=O)N(CC(C)C)CC(O)[C@H](Cc2ccccc2)NC(=O)OCc2ccccc2)cc1. The number of carbonyl (C=O) groups excluding carboxylic acids is 1. The molecule has 204 valence electrons. The number of aliphatic hydroxyl groups excluding tert-OH is 1. The fourth-order valence-corrected chi connectivity index (χ4v) is 5.60. The van der Waals surface area contributed by atoms with Crippen LogP contribution in [0.3, 0.4) is 0 Å². The van der Waals surface area contributed by atoms with Crippen LogP contribution in [0.15, 0.2) is 89.8 Å². The molecule has 0 spiro atoms. The molecule has 3 rings (SSSR count). The van der Waals surface area contributed by atoms with Crippen molar-refractivity contribution in [2.75, 3.05) is 20.2 Å². The van der Waals surface area contributed by atoms with Gasteiger partial charge in [0.05, 0.1) is 24.2 Å². The summed E-state index contributed by atoms with van der Waals surface area (Å²) in [7, 11) is -2.41. The Bertz CT molecular complexity index is 1240. The zero-order chi connectivity index (χ0) is 27.5. The number of nitrogens with zero attached hydrogens (tertiary/aromatic N) is 1. The van der Waals surface area contributed by atoms with E-state index in [9.17, 15) is 18.3 Å². The molecule has 0 saturated heterocycles. The molecule has 0 saturated carbocycles. The van der Waals surface area contributed by atoms with Gasteiger partial charge in [0.2, 0.25) is 10.0 Å². The molecule has 0 heterocycles. The zero-order valence-corrected chi connectivity index (χ0v) is 22.8. The first kappa shape index (κ1) is 29.2. The molecule has 0 aliphatic carbocycles. The van der Waals surface area contributed by atoms with Crippen LogP contribution in [0.25, 0.3) is 0 Å². The van der Waals surface area contributed by atoms with Crippen molar-refractivity contribution >= 4 is 16.1 Å². The van der Waals surface area contributed by atoms with Crippen LogP contribution in [0.4, 0.5) is 4.79 Å². The molecule has 1 unspecified atom stereocenters. The van der Waals surface area contributed by atoms with Gasteiger partial charge in [-0.2, -0.15) is 4.31 Å². The fraction of sp³-hybridized carbons (Fsp3) is 0.345. The lowest BCUT2D eigenvalue weighted by Gasteiger charge is -2.30. The van der Waals surface area contributed by atoms with E-state index in [1.54, 1.807) is 12.1 Å². The summed E-state index contributed by atoms with van der Waals surface area (Å²) in [6, 6.07) is 24.0. The Labute approximate surface area is 225 Å². The Hall–Kier alpha value is -3.40. The molecular weight excluding hydrogens is 504 g/mol. The topological polar surface area (TPSA) is 105 Å². The number of carbonyl (C=O) groups is 1. The van der Waals surface area contributed by atoms with E-state index >= 15 is 0 Å². The minimum atomic E-state index is -3.92. The third-order valence-corrected chi connectivity index (χ3v) is 7.78. The maximum Gasteiger partial charge on any atom is 0.407 e. The molecule has 0 radical (unpaired) electrons. The Morgan fingerprint density at radius 1 is 0.895 bits per heavy atom. The summed E-state index contributed by atoms with van der Waals surface area (Å²) in [4.78, 5) is 12.8. The van der Waals surface area contributed by atoms with E-state index in [0.717, 1.165) is 11.1 Å². The van der Waals surface area contributed by atoms with Gasteiger partial charge in [0, 0.05) is 13.1 Å². The van der Waals surface area contributed by atoms with E-state index in [-0.39, 0.29) is 30.5 Å². The Morgan fingerprint density at radius 2 is 1.47 bits per heavy atom. The number of aliphatic hydroxyl groups is 1. The lowest BCUT2D eigenvalue weighted by molar-refractivity contribution is 0.0873. The molecule has 1 amide bonds. The summed E-state index contributed by atoms with van der Waals surface area (Å²) < 4.78 is 38.8. The van der Waals surface area contributed by atoms with Gasteiger partial charge in [-0.1, -0.05) is 74.5 Å². The van der Waals surface area contributed by atoms with Gasteiger partial charge >= 0.3 is 6.09 Å². The number of hydrogen-bond acceptors (Lipinski definition) is 6. The van der Waals surface area contributed by atoms with Crippen LogP contribution in [0.5, 0.6) is 5.75 Å². The van der Waals surface area contributed by atoms with Gasteiger partial charge in [-0.25, -0.2) is 13.2 Å². The van der Waals surface area contributed by atoms with Crippen molar-refractivity contribution in [1.82, 2.24) is 9.62 Å². The molecule has 2 atom stereocenters. The number of nitrogens with one attached hydrogen (secondary N) is 1. The summed E-state index contributed by atoms with van der Waals surface area (Å²) in [6.45, 7) is 3.88. The van der Waals surface area contributed by atoms with Crippen LogP contribution in [-0.2, 0) is 27.8 Å². The van der Waals surface area contributed by atoms with Crippen LogP contribution in [0.2, 0.25) is 0 Å². The van der Waals surface area contributed by atoms with Crippen LogP contribution < -0.4 is 10.1 Å². The van der Waals surface area contributed by atoms with Crippen molar-refractivity contribution in [3.8, 4) is 5.75 Å². The molecule has 0 aliphatic rings. The summed E-state index contributed by atoms with van der Waals surface area (Å²) in [5.74, 6) is 0.548. The third kappa shape index (κ3) is 8.58. The van der Waals surface area contributed by atoms with Crippen molar-refractivity contribution < 1.29 is 27.8 Å². The van der Waals surface area contributed by atoms with Gasteiger partial charge in [-0.3, -0.25) is 0 Å². The highest BCUT2D eigenvalue weighted by atomic mass is 32.2. The van der Waals surface area contributed by atoms with E-state index in [1.807, 2.05) is 74.5 Å². The smallest absolute Gasteiger partial charge is 0.407 e. The van der Waals surface area contributed by atoms with Crippen LogP contribution in [0, 0.1) is 5.92 Å². The van der Waals surface area contributed by atoms with Crippen LogP contribution in [-0.4, -0.2) is 56.3 Å². The first-order valence-corrected chi connectivity index (χ1v) is 14.0. The van der Waals surface area contributed by atoms with Crippen LogP contribution >= 0.6 is 0 Å². The summed E-state index contributed by atoms with van der Waals surface area (Å²) >= 11 is 0. The molecule has 3 aromatic carbocycles. The second-order valence-electron chi connectivity index (χ2n) is 9.46. The van der Waals surface area contributed by atoms with Crippen molar-refractivity contribution in [3.63, 3.8) is 0 Å².